The van der Waals surface area contributed by atoms with Crippen LogP contribution in [0.5, 0.6) is 11.6 Å². The van der Waals surface area contributed by atoms with E-state index in [0.717, 1.165) is 4.90 Å². The number of amides is 4. The molecule has 2 aliphatic carbocycles. The fraction of sp³-hybridized carbons (Fsp3) is 0.605. The van der Waals surface area contributed by atoms with Gasteiger partial charge in [0, 0.05) is 17.7 Å². The van der Waals surface area contributed by atoms with Crippen LogP contribution in [-0.4, -0.2) is 96.5 Å². The second-order valence-corrected chi connectivity index (χ2v) is 18.0. The molecule has 0 bridgehead atoms. The van der Waals surface area contributed by atoms with Crippen molar-refractivity contribution >= 4 is 44.6 Å². The lowest BCUT2D eigenvalue weighted by Gasteiger charge is -2.33. The molecule has 19 heteroatoms. The van der Waals surface area contributed by atoms with Gasteiger partial charge in [-0.1, -0.05) is 32.4 Å². The molecule has 2 saturated carbocycles. The normalized spacial score (nSPS) is 29.2. The number of fused-ring (bicyclic) bond motifs is 3. The van der Waals surface area contributed by atoms with E-state index in [1.807, 2.05) is 13.0 Å². The summed E-state index contributed by atoms with van der Waals surface area (Å²) in [5.41, 5.74) is -4.58. The summed E-state index contributed by atoms with van der Waals surface area (Å²) in [6.07, 6.45) is -0.330. The Kier molecular flexibility index (Phi) is 11.5. The van der Waals surface area contributed by atoms with E-state index >= 15 is 0 Å². The molecule has 1 saturated heterocycles. The molecular formula is C38H47F4N5O9S. The van der Waals surface area contributed by atoms with E-state index in [4.69, 9.17) is 14.2 Å². The fourth-order valence-corrected chi connectivity index (χ4v) is 8.71. The van der Waals surface area contributed by atoms with Gasteiger partial charge in [0.05, 0.1) is 30.5 Å². The van der Waals surface area contributed by atoms with Crippen molar-refractivity contribution in [1.82, 2.24) is 25.2 Å². The van der Waals surface area contributed by atoms with Gasteiger partial charge in [-0.05, 0) is 76.0 Å². The second-order valence-electron chi connectivity index (χ2n) is 16.0. The first-order valence-corrected chi connectivity index (χ1v) is 20.4. The monoisotopic (exact) mass is 825 g/mol. The Morgan fingerprint density at radius 3 is 2.44 bits per heavy atom. The largest absolute Gasteiger partial charge is 0.494 e. The molecule has 312 valence electrons. The van der Waals surface area contributed by atoms with Gasteiger partial charge in [0.25, 0.3) is 5.91 Å². The highest BCUT2D eigenvalue weighted by molar-refractivity contribution is 7.91. The van der Waals surface area contributed by atoms with E-state index in [1.165, 1.54) is 31.5 Å². The predicted molar refractivity (Wildman–Crippen MR) is 197 cm³/mol. The van der Waals surface area contributed by atoms with Gasteiger partial charge in [-0.3, -0.25) is 19.1 Å². The molecule has 0 spiro atoms. The molecule has 0 radical (unpaired) electrons. The summed E-state index contributed by atoms with van der Waals surface area (Å²) >= 11 is 0. The SMILES string of the molecule is COc1cnc(O[C@@H]2C[C@H]3C(=O)N[C@]4(C(=O)NS(=O)(=O)C5CC5)C[C@H]4/C=C\[C@H](C)CCC[C@@H](C)[C@H](NC(=O)OC(C)(C)C(F)(F)F)C(=O)N3C2)c2cc(F)ccc12. The van der Waals surface area contributed by atoms with Crippen LogP contribution in [0.3, 0.4) is 0 Å². The Hall–Kier alpha value is -4.68. The van der Waals surface area contributed by atoms with Crippen LogP contribution in [0, 0.1) is 23.6 Å². The Balaban J connectivity index is 1.36. The molecule has 14 nitrogen and oxygen atoms in total. The van der Waals surface area contributed by atoms with Crippen molar-refractivity contribution in [3.8, 4) is 11.6 Å². The summed E-state index contributed by atoms with van der Waals surface area (Å²) in [6.45, 7) is 4.60. The first-order chi connectivity index (χ1) is 26.7. The number of nitrogens with one attached hydrogen (secondary N) is 3. The maximum Gasteiger partial charge on any atom is 0.427 e. The lowest BCUT2D eigenvalue weighted by Crippen LogP contribution is -2.59. The number of carbonyl (C=O) groups is 4. The van der Waals surface area contributed by atoms with Gasteiger partial charge in [0.15, 0.2) is 0 Å². The number of hydrogen-bond donors (Lipinski definition) is 3. The molecule has 4 amide bonds. The number of alkyl halides is 3. The second kappa shape index (κ2) is 15.6. The van der Waals surface area contributed by atoms with Gasteiger partial charge in [-0.25, -0.2) is 22.6 Å². The Labute approximate surface area is 327 Å². The van der Waals surface area contributed by atoms with Gasteiger partial charge in [0.1, 0.15) is 35.3 Å². The summed E-state index contributed by atoms with van der Waals surface area (Å²) in [5, 5.41) is 5.04. The van der Waals surface area contributed by atoms with E-state index in [0.29, 0.717) is 57.1 Å². The number of pyridine rings is 1. The molecule has 3 N–H and O–H groups in total. The topological polar surface area (TPSA) is 182 Å². The van der Waals surface area contributed by atoms with Crippen molar-refractivity contribution in [2.75, 3.05) is 13.7 Å². The lowest BCUT2D eigenvalue weighted by atomic mass is 9.92. The van der Waals surface area contributed by atoms with Crippen LogP contribution < -0.4 is 24.8 Å². The number of nitrogens with zero attached hydrogens (tertiary/aromatic N) is 2. The third-order valence-corrected chi connectivity index (χ3v) is 13.0. The van der Waals surface area contributed by atoms with E-state index in [1.54, 1.807) is 13.0 Å². The van der Waals surface area contributed by atoms with Crippen molar-refractivity contribution in [3.05, 3.63) is 42.4 Å². The van der Waals surface area contributed by atoms with Crippen molar-refractivity contribution < 1.29 is 59.4 Å². The summed E-state index contributed by atoms with van der Waals surface area (Å²) < 4.78 is 99.8. The Morgan fingerprint density at radius 1 is 1.05 bits per heavy atom. The molecule has 3 fully saturated rings. The van der Waals surface area contributed by atoms with Gasteiger partial charge < -0.3 is 29.7 Å². The predicted octanol–water partition coefficient (Wildman–Crippen LogP) is 4.66. The molecule has 2 aromatic rings. The maximum absolute atomic E-state index is 14.6. The number of benzene rings is 1. The minimum absolute atomic E-state index is 0.0467. The highest BCUT2D eigenvalue weighted by Gasteiger charge is 2.62. The molecule has 4 aliphatic rings. The van der Waals surface area contributed by atoms with Gasteiger partial charge in [-0.2, -0.15) is 13.2 Å². The van der Waals surface area contributed by atoms with Gasteiger partial charge >= 0.3 is 12.3 Å². The van der Waals surface area contributed by atoms with E-state index in [2.05, 4.69) is 20.3 Å². The van der Waals surface area contributed by atoms with Crippen LogP contribution in [0.4, 0.5) is 22.4 Å². The number of sulfonamides is 1. The minimum atomic E-state index is -4.93. The quantitative estimate of drug-likeness (QED) is 0.250. The van der Waals surface area contributed by atoms with Crippen LogP contribution in [0.1, 0.15) is 72.6 Å². The maximum atomic E-state index is 14.6. The number of ether oxygens (including phenoxy) is 3. The lowest BCUT2D eigenvalue weighted by molar-refractivity contribution is -0.244. The van der Waals surface area contributed by atoms with E-state index in [-0.39, 0.29) is 36.6 Å². The molecule has 0 unspecified atom stereocenters. The highest BCUT2D eigenvalue weighted by Crippen LogP contribution is 2.46. The molecule has 7 atom stereocenters. The molecule has 3 heterocycles. The van der Waals surface area contributed by atoms with Crippen LogP contribution in [0.15, 0.2) is 36.5 Å². The molecule has 1 aromatic heterocycles. The summed E-state index contributed by atoms with van der Waals surface area (Å²) in [4.78, 5) is 61.3. The summed E-state index contributed by atoms with van der Waals surface area (Å²) in [7, 11) is -2.60. The number of rotatable bonds is 8. The first-order valence-electron chi connectivity index (χ1n) is 18.9. The number of hydrogen-bond acceptors (Lipinski definition) is 10. The minimum Gasteiger partial charge on any atom is -0.494 e. The van der Waals surface area contributed by atoms with Crippen molar-refractivity contribution in [1.29, 1.82) is 0 Å². The number of allylic oxidation sites excluding steroid dienone is 1. The van der Waals surface area contributed by atoms with Crippen LogP contribution in [0.25, 0.3) is 10.8 Å². The summed E-state index contributed by atoms with van der Waals surface area (Å²) in [6, 6.07) is 1.01. The molecule has 1 aromatic carbocycles. The number of aromatic nitrogens is 1. The number of methoxy groups -OCH3 is 1. The number of carbonyl (C=O) groups excluding carboxylic acids is 4. The number of alkyl carbamates (subject to hydrolysis) is 1. The molecule has 6 rings (SSSR count). The highest BCUT2D eigenvalue weighted by atomic mass is 32.2. The van der Waals surface area contributed by atoms with Crippen molar-refractivity contribution in [3.63, 3.8) is 0 Å². The smallest absolute Gasteiger partial charge is 0.427 e. The standard InChI is InChI=1S/C38H47F4N5O9S/c1-20-7-6-8-21(2)30(44-35(51)56-36(3,4)38(40,41)42)33(49)47-19-24(55-32-27-15-23(39)11-14-26(27)29(54-5)18-43-32)16-28(47)31(48)45-37(17-22(37)10-9-20)34(50)46-57(52,53)25-12-13-25/h9-11,14-15,18,20-22,24-25,28,30H,6-8,12-13,16-17,19H2,1-5H3,(H,44,51)(H,45,48)(H,46,50)/b10-9-/t20-,21-,22-,24-,28+,30+,37-/m1/s1. The number of halogens is 4. The summed E-state index contributed by atoms with van der Waals surface area (Å²) in [5.74, 6) is -4.21. The fourth-order valence-electron chi connectivity index (χ4n) is 7.34. The molecule has 2 aliphatic heterocycles. The van der Waals surface area contributed by atoms with E-state index in [9.17, 15) is 45.2 Å². The van der Waals surface area contributed by atoms with Gasteiger partial charge in [-0.15, -0.1) is 0 Å². The average molecular weight is 826 g/mol. The van der Waals surface area contributed by atoms with Crippen LogP contribution >= 0.6 is 0 Å². The van der Waals surface area contributed by atoms with Crippen molar-refractivity contribution in [2.45, 2.75) is 113 Å². The average Bonchev–Trinajstić information content (AvgIpc) is 4.05. The zero-order valence-corrected chi connectivity index (χ0v) is 33.0. The van der Waals surface area contributed by atoms with Crippen LogP contribution in [-0.2, 0) is 29.1 Å². The molecule has 57 heavy (non-hydrogen) atoms. The Morgan fingerprint density at radius 2 is 1.77 bits per heavy atom. The molecular weight excluding hydrogens is 779 g/mol. The first kappa shape index (κ1) is 41.9. The third kappa shape index (κ3) is 8.92. The van der Waals surface area contributed by atoms with Gasteiger partial charge in [0.2, 0.25) is 33.3 Å². The Bertz CT molecular complexity index is 2060. The van der Waals surface area contributed by atoms with E-state index < -0.39 is 92.2 Å². The third-order valence-electron chi connectivity index (χ3n) is 11.2. The zero-order valence-electron chi connectivity index (χ0n) is 32.2. The zero-order chi connectivity index (χ0) is 41.7. The van der Waals surface area contributed by atoms with Crippen LogP contribution in [0.2, 0.25) is 0 Å². The van der Waals surface area contributed by atoms with Crippen molar-refractivity contribution in [2.24, 2.45) is 17.8 Å².